The molecule has 0 fully saturated rings. The SMILES string of the molecule is CC(C)C(C(=O)NCC1=CCNCC1)n1nnc(-c2ccccc2)n1.Cl. The number of tetrazole rings is 1. The number of hydrogen-bond donors (Lipinski definition) is 2. The number of rotatable bonds is 6. The third-order valence-corrected chi connectivity index (χ3v) is 4.26. The van der Waals surface area contributed by atoms with E-state index in [0.29, 0.717) is 12.4 Å². The first-order valence-electron chi connectivity index (χ1n) is 8.66. The molecule has 2 aromatic rings. The maximum atomic E-state index is 12.7. The molecular weight excluding hydrogens is 352 g/mol. The average molecular weight is 377 g/mol. The first kappa shape index (κ1) is 20.1. The predicted octanol–water partition coefficient (Wildman–Crippen LogP) is 1.99. The van der Waals surface area contributed by atoms with Crippen LogP contribution in [0.2, 0.25) is 0 Å². The summed E-state index contributed by atoms with van der Waals surface area (Å²) in [6.45, 7) is 6.37. The van der Waals surface area contributed by atoms with E-state index in [1.54, 1.807) is 0 Å². The molecule has 26 heavy (non-hydrogen) atoms. The van der Waals surface area contributed by atoms with Crippen molar-refractivity contribution in [3.05, 3.63) is 42.0 Å². The maximum Gasteiger partial charge on any atom is 0.247 e. The topological polar surface area (TPSA) is 84.7 Å². The molecule has 1 unspecified atom stereocenters. The van der Waals surface area contributed by atoms with E-state index < -0.39 is 6.04 Å². The van der Waals surface area contributed by atoms with Crippen LogP contribution >= 0.6 is 12.4 Å². The molecule has 1 amide bonds. The predicted molar refractivity (Wildman–Crippen MR) is 103 cm³/mol. The summed E-state index contributed by atoms with van der Waals surface area (Å²) < 4.78 is 0. The molecule has 3 rings (SSSR count). The first-order chi connectivity index (χ1) is 12.1. The Kier molecular flexibility index (Phi) is 7.29. The van der Waals surface area contributed by atoms with Gasteiger partial charge >= 0.3 is 0 Å². The molecule has 8 heteroatoms. The number of nitrogens with one attached hydrogen (secondary N) is 2. The highest BCUT2D eigenvalue weighted by molar-refractivity contribution is 5.85. The summed E-state index contributed by atoms with van der Waals surface area (Å²) in [5.41, 5.74) is 2.14. The van der Waals surface area contributed by atoms with Crippen LogP contribution in [0.15, 0.2) is 42.0 Å². The minimum Gasteiger partial charge on any atom is -0.350 e. The Morgan fingerprint density at radius 2 is 2.08 bits per heavy atom. The van der Waals surface area contributed by atoms with Crippen molar-refractivity contribution in [3.8, 4) is 11.4 Å². The van der Waals surface area contributed by atoms with Gasteiger partial charge in [-0.1, -0.05) is 55.8 Å². The van der Waals surface area contributed by atoms with Crippen molar-refractivity contribution in [1.82, 2.24) is 30.8 Å². The van der Waals surface area contributed by atoms with Gasteiger partial charge in [0.15, 0.2) is 6.04 Å². The summed E-state index contributed by atoms with van der Waals surface area (Å²) in [6, 6.07) is 9.16. The summed E-state index contributed by atoms with van der Waals surface area (Å²) in [5.74, 6) is 0.506. The Bertz CT molecular complexity index is 743. The zero-order valence-corrected chi connectivity index (χ0v) is 15.9. The summed E-state index contributed by atoms with van der Waals surface area (Å²) in [6.07, 6.45) is 3.10. The number of amides is 1. The van der Waals surface area contributed by atoms with Crippen molar-refractivity contribution in [3.63, 3.8) is 0 Å². The maximum absolute atomic E-state index is 12.7. The van der Waals surface area contributed by atoms with Gasteiger partial charge in [-0.25, -0.2) is 0 Å². The second-order valence-corrected chi connectivity index (χ2v) is 6.52. The van der Waals surface area contributed by atoms with Crippen molar-refractivity contribution in [2.45, 2.75) is 26.3 Å². The highest BCUT2D eigenvalue weighted by atomic mass is 35.5. The smallest absolute Gasteiger partial charge is 0.247 e. The normalized spacial score (nSPS) is 15.1. The van der Waals surface area contributed by atoms with Crippen molar-refractivity contribution >= 4 is 18.3 Å². The molecule has 0 saturated heterocycles. The molecule has 1 aliphatic heterocycles. The van der Waals surface area contributed by atoms with Crippen LogP contribution in [-0.4, -0.2) is 45.7 Å². The Morgan fingerprint density at radius 3 is 2.73 bits per heavy atom. The Labute approximate surface area is 159 Å². The molecule has 0 saturated carbocycles. The number of nitrogens with zero attached hydrogens (tertiary/aromatic N) is 4. The number of hydrogen-bond acceptors (Lipinski definition) is 5. The molecule has 2 N–H and O–H groups in total. The van der Waals surface area contributed by atoms with Gasteiger partial charge in [0.25, 0.3) is 0 Å². The van der Waals surface area contributed by atoms with Crippen molar-refractivity contribution in [2.75, 3.05) is 19.6 Å². The number of carbonyl (C=O) groups excluding carboxylic acids is 1. The van der Waals surface area contributed by atoms with E-state index in [1.807, 2.05) is 44.2 Å². The molecule has 0 bridgehead atoms. The van der Waals surface area contributed by atoms with Crippen LogP contribution in [0, 0.1) is 5.92 Å². The van der Waals surface area contributed by atoms with Crippen LogP contribution in [-0.2, 0) is 4.79 Å². The zero-order chi connectivity index (χ0) is 17.6. The lowest BCUT2D eigenvalue weighted by molar-refractivity contribution is -0.126. The molecule has 1 atom stereocenters. The van der Waals surface area contributed by atoms with E-state index >= 15 is 0 Å². The fourth-order valence-corrected chi connectivity index (χ4v) is 2.86. The fourth-order valence-electron chi connectivity index (χ4n) is 2.86. The lowest BCUT2D eigenvalue weighted by Gasteiger charge is -2.20. The molecule has 0 aliphatic carbocycles. The van der Waals surface area contributed by atoms with Crippen molar-refractivity contribution in [2.24, 2.45) is 5.92 Å². The fraction of sp³-hybridized carbons (Fsp3) is 0.444. The molecule has 140 valence electrons. The van der Waals surface area contributed by atoms with Gasteiger partial charge in [-0.05, 0) is 24.1 Å². The lowest BCUT2D eigenvalue weighted by atomic mass is 10.0. The molecule has 0 spiro atoms. The number of benzene rings is 1. The van der Waals surface area contributed by atoms with Gasteiger partial charge in [0.05, 0.1) is 0 Å². The van der Waals surface area contributed by atoms with Crippen LogP contribution in [0.25, 0.3) is 11.4 Å². The van der Waals surface area contributed by atoms with E-state index in [9.17, 15) is 4.79 Å². The molecule has 1 aliphatic rings. The Balaban J connectivity index is 0.00000243. The van der Waals surface area contributed by atoms with Gasteiger partial charge in [-0.3, -0.25) is 4.79 Å². The number of aromatic nitrogens is 4. The molecule has 1 aromatic carbocycles. The quantitative estimate of drug-likeness (QED) is 0.753. The summed E-state index contributed by atoms with van der Waals surface area (Å²) in [5, 5.41) is 18.9. The first-order valence-corrected chi connectivity index (χ1v) is 8.66. The van der Waals surface area contributed by atoms with Gasteiger partial charge in [-0.15, -0.1) is 22.6 Å². The second-order valence-electron chi connectivity index (χ2n) is 6.52. The zero-order valence-electron chi connectivity index (χ0n) is 15.1. The summed E-state index contributed by atoms with van der Waals surface area (Å²) in [4.78, 5) is 14.1. The van der Waals surface area contributed by atoms with Gasteiger partial charge in [-0.2, -0.15) is 4.80 Å². The highest BCUT2D eigenvalue weighted by Gasteiger charge is 2.27. The Hall–Kier alpha value is -2.25. The lowest BCUT2D eigenvalue weighted by Crippen LogP contribution is -2.38. The second kappa shape index (κ2) is 9.45. The van der Waals surface area contributed by atoms with Crippen LogP contribution < -0.4 is 10.6 Å². The van der Waals surface area contributed by atoms with Crippen molar-refractivity contribution < 1.29 is 4.79 Å². The largest absolute Gasteiger partial charge is 0.350 e. The molecule has 7 nitrogen and oxygen atoms in total. The third kappa shape index (κ3) is 4.89. The summed E-state index contributed by atoms with van der Waals surface area (Å²) in [7, 11) is 0. The van der Waals surface area contributed by atoms with E-state index in [0.717, 1.165) is 25.1 Å². The van der Waals surface area contributed by atoms with Gasteiger partial charge < -0.3 is 10.6 Å². The third-order valence-electron chi connectivity index (χ3n) is 4.26. The van der Waals surface area contributed by atoms with E-state index in [1.165, 1.54) is 10.4 Å². The highest BCUT2D eigenvalue weighted by Crippen LogP contribution is 2.19. The van der Waals surface area contributed by atoms with Crippen LogP contribution in [0.5, 0.6) is 0 Å². The Morgan fingerprint density at radius 1 is 1.31 bits per heavy atom. The van der Waals surface area contributed by atoms with E-state index in [-0.39, 0.29) is 24.2 Å². The van der Waals surface area contributed by atoms with Gasteiger partial charge in [0.1, 0.15) is 0 Å². The van der Waals surface area contributed by atoms with E-state index in [4.69, 9.17) is 0 Å². The van der Waals surface area contributed by atoms with Crippen LogP contribution in [0.3, 0.4) is 0 Å². The monoisotopic (exact) mass is 376 g/mol. The molecule has 1 aromatic heterocycles. The minimum absolute atomic E-state index is 0. The van der Waals surface area contributed by atoms with Gasteiger partial charge in [0, 0.05) is 18.7 Å². The van der Waals surface area contributed by atoms with Crippen LogP contribution in [0.4, 0.5) is 0 Å². The molecular formula is C18H25ClN6O. The minimum atomic E-state index is -0.479. The standard InChI is InChI=1S/C18H24N6O.ClH/c1-13(2)16(18(25)20-12-14-8-10-19-11-9-14)24-22-17(21-23-24)15-6-4-3-5-7-15;/h3-8,13,16,19H,9-12H2,1-2H3,(H,20,25);1H. The van der Waals surface area contributed by atoms with Crippen LogP contribution in [0.1, 0.15) is 26.3 Å². The average Bonchev–Trinajstić information content (AvgIpc) is 3.11. The number of carbonyl (C=O) groups is 1. The molecule has 2 heterocycles. The van der Waals surface area contributed by atoms with Gasteiger partial charge in [0.2, 0.25) is 11.7 Å². The number of halogens is 1. The van der Waals surface area contributed by atoms with Crippen molar-refractivity contribution in [1.29, 1.82) is 0 Å². The molecule has 0 radical (unpaired) electrons. The van der Waals surface area contributed by atoms with E-state index in [2.05, 4.69) is 32.1 Å². The summed E-state index contributed by atoms with van der Waals surface area (Å²) >= 11 is 0.